The normalized spacial score (nSPS) is 20.3. The maximum absolute atomic E-state index is 13.2. The molecule has 0 saturated heterocycles. The number of nitrogens with zero attached hydrogens (tertiary/aromatic N) is 2. The predicted octanol–water partition coefficient (Wildman–Crippen LogP) is 3.81. The molecule has 128 valence electrons. The van der Waals surface area contributed by atoms with Crippen molar-refractivity contribution >= 4 is 12.1 Å². The molecule has 0 aliphatic heterocycles. The zero-order valence-electron chi connectivity index (χ0n) is 14.0. The van der Waals surface area contributed by atoms with Gasteiger partial charge >= 0.3 is 0 Å². The summed E-state index contributed by atoms with van der Waals surface area (Å²) < 4.78 is 13.2. The smallest absolute Gasteiger partial charge is 0.244 e. The molecule has 1 heterocycles. The first-order chi connectivity index (χ1) is 12.1. The van der Waals surface area contributed by atoms with Crippen molar-refractivity contribution in [3.05, 3.63) is 77.4 Å². The Morgan fingerprint density at radius 2 is 1.96 bits per heavy atom. The van der Waals surface area contributed by atoms with Crippen molar-refractivity contribution in [2.24, 2.45) is 11.0 Å². The van der Waals surface area contributed by atoms with E-state index in [-0.39, 0.29) is 23.6 Å². The molecule has 1 aromatic heterocycles. The monoisotopic (exact) mass is 337 g/mol. The lowest BCUT2D eigenvalue weighted by Crippen LogP contribution is -2.33. The van der Waals surface area contributed by atoms with Crippen LogP contribution in [-0.2, 0) is 4.79 Å². The lowest BCUT2D eigenvalue weighted by molar-refractivity contribution is -0.125. The number of halogens is 1. The van der Waals surface area contributed by atoms with Crippen LogP contribution >= 0.6 is 0 Å². The van der Waals surface area contributed by atoms with E-state index in [9.17, 15) is 9.18 Å². The highest BCUT2D eigenvalue weighted by Crippen LogP contribution is 2.37. The largest absolute Gasteiger partial charge is 0.273 e. The Morgan fingerprint density at radius 1 is 1.24 bits per heavy atom. The van der Waals surface area contributed by atoms with E-state index >= 15 is 0 Å². The molecule has 25 heavy (non-hydrogen) atoms. The fourth-order valence-corrected chi connectivity index (χ4v) is 3.12. The van der Waals surface area contributed by atoms with Crippen LogP contribution in [0.2, 0.25) is 0 Å². The standard InChI is InChI=1S/C20H20FN3O/c1-14-2-7-18(19(12-14)16-3-5-17(21)6-4-16)20(25)24-23-13-15-8-10-22-11-9-15/h2-6,8-11,13,18-19H,7,12H2,1H3,(H,24,25)/b23-13-/t18-,19-/m0/s1. The third-order valence-electron chi connectivity index (χ3n) is 4.48. The van der Waals surface area contributed by atoms with Gasteiger partial charge in [-0.1, -0.05) is 23.8 Å². The lowest BCUT2D eigenvalue weighted by Gasteiger charge is -2.29. The maximum Gasteiger partial charge on any atom is 0.244 e. The summed E-state index contributed by atoms with van der Waals surface area (Å²) in [4.78, 5) is 16.5. The summed E-state index contributed by atoms with van der Waals surface area (Å²) in [5.74, 6) is -0.580. The maximum atomic E-state index is 13.2. The van der Waals surface area contributed by atoms with E-state index in [1.165, 1.54) is 17.7 Å². The summed E-state index contributed by atoms with van der Waals surface area (Å²) in [7, 11) is 0. The second-order valence-corrected chi connectivity index (χ2v) is 6.27. The Morgan fingerprint density at radius 3 is 2.68 bits per heavy atom. The van der Waals surface area contributed by atoms with E-state index in [1.54, 1.807) is 30.7 Å². The Labute approximate surface area is 146 Å². The fourth-order valence-electron chi connectivity index (χ4n) is 3.12. The van der Waals surface area contributed by atoms with Crippen LogP contribution in [-0.4, -0.2) is 17.1 Å². The minimum Gasteiger partial charge on any atom is -0.273 e. The molecule has 1 amide bonds. The van der Waals surface area contributed by atoms with Crippen molar-refractivity contribution < 1.29 is 9.18 Å². The van der Waals surface area contributed by atoms with Gasteiger partial charge in [0.25, 0.3) is 0 Å². The summed E-state index contributed by atoms with van der Waals surface area (Å²) in [6.07, 6.45) is 8.47. The molecule has 5 heteroatoms. The highest BCUT2D eigenvalue weighted by molar-refractivity contribution is 5.84. The number of benzene rings is 1. The number of allylic oxidation sites excluding steroid dienone is 2. The minimum absolute atomic E-state index is 0.0294. The van der Waals surface area contributed by atoms with Crippen molar-refractivity contribution in [3.8, 4) is 0 Å². The number of carbonyl (C=O) groups is 1. The molecule has 0 unspecified atom stereocenters. The Balaban J connectivity index is 1.72. The lowest BCUT2D eigenvalue weighted by atomic mass is 9.75. The number of hydrazone groups is 1. The van der Waals surface area contributed by atoms with Crippen LogP contribution in [0.4, 0.5) is 4.39 Å². The van der Waals surface area contributed by atoms with Gasteiger partial charge in [0.1, 0.15) is 5.82 Å². The van der Waals surface area contributed by atoms with Gasteiger partial charge in [0, 0.05) is 12.4 Å². The molecule has 3 rings (SSSR count). The number of carbonyl (C=O) groups excluding carboxylic acids is 1. The summed E-state index contributed by atoms with van der Waals surface area (Å²) in [6.45, 7) is 2.06. The van der Waals surface area contributed by atoms with Gasteiger partial charge in [-0.25, -0.2) is 9.82 Å². The number of rotatable bonds is 4. The van der Waals surface area contributed by atoms with E-state index in [1.807, 2.05) is 12.1 Å². The molecule has 0 bridgehead atoms. The number of aromatic nitrogens is 1. The van der Waals surface area contributed by atoms with E-state index in [4.69, 9.17) is 0 Å². The van der Waals surface area contributed by atoms with Crippen molar-refractivity contribution in [2.45, 2.75) is 25.7 Å². The van der Waals surface area contributed by atoms with Gasteiger partial charge in [-0.05, 0) is 61.1 Å². The first-order valence-corrected chi connectivity index (χ1v) is 8.27. The van der Waals surface area contributed by atoms with Crippen LogP contribution in [0.3, 0.4) is 0 Å². The quantitative estimate of drug-likeness (QED) is 0.524. The average molecular weight is 337 g/mol. The molecule has 0 spiro atoms. The molecule has 2 aromatic rings. The van der Waals surface area contributed by atoms with Gasteiger partial charge in [-0.15, -0.1) is 0 Å². The van der Waals surface area contributed by atoms with Gasteiger partial charge in [0.15, 0.2) is 0 Å². The minimum atomic E-state index is -0.269. The number of hydrogen-bond donors (Lipinski definition) is 1. The third kappa shape index (κ3) is 4.38. The molecule has 0 saturated carbocycles. The van der Waals surface area contributed by atoms with Gasteiger partial charge in [0.2, 0.25) is 5.91 Å². The second-order valence-electron chi connectivity index (χ2n) is 6.27. The number of pyridine rings is 1. The van der Waals surface area contributed by atoms with Crippen LogP contribution < -0.4 is 5.43 Å². The Kier molecular flexibility index (Phi) is 5.33. The van der Waals surface area contributed by atoms with Gasteiger partial charge in [-0.3, -0.25) is 9.78 Å². The van der Waals surface area contributed by atoms with E-state index in [2.05, 4.69) is 28.5 Å². The molecular formula is C20H20FN3O. The van der Waals surface area contributed by atoms with Gasteiger partial charge in [0.05, 0.1) is 12.1 Å². The summed E-state index contributed by atoms with van der Waals surface area (Å²) in [6, 6.07) is 10.0. The molecule has 1 aliphatic carbocycles. The highest BCUT2D eigenvalue weighted by Gasteiger charge is 2.31. The van der Waals surface area contributed by atoms with Crippen LogP contribution in [0.15, 0.2) is 65.5 Å². The average Bonchev–Trinajstić information content (AvgIpc) is 2.63. The summed E-state index contributed by atoms with van der Waals surface area (Å²) >= 11 is 0. The zero-order valence-corrected chi connectivity index (χ0v) is 14.0. The van der Waals surface area contributed by atoms with Crippen LogP contribution in [0.25, 0.3) is 0 Å². The molecule has 1 aromatic carbocycles. The molecule has 2 atom stereocenters. The first kappa shape index (κ1) is 17.0. The molecule has 0 fully saturated rings. The fraction of sp³-hybridized carbons (Fsp3) is 0.250. The Bertz CT molecular complexity index is 784. The SMILES string of the molecule is CC1=CC[C@H](C(=O)N/N=C\c2ccncc2)[C@H](c2ccc(F)cc2)C1. The van der Waals surface area contributed by atoms with Crippen molar-refractivity contribution in [1.82, 2.24) is 10.4 Å². The summed E-state index contributed by atoms with van der Waals surface area (Å²) in [5, 5.41) is 4.04. The van der Waals surface area contributed by atoms with E-state index in [0.717, 1.165) is 17.5 Å². The van der Waals surface area contributed by atoms with Crippen molar-refractivity contribution in [1.29, 1.82) is 0 Å². The zero-order chi connectivity index (χ0) is 17.6. The molecule has 1 N–H and O–H groups in total. The molecule has 4 nitrogen and oxygen atoms in total. The second kappa shape index (κ2) is 7.83. The van der Waals surface area contributed by atoms with Gasteiger partial charge < -0.3 is 0 Å². The van der Waals surface area contributed by atoms with Crippen molar-refractivity contribution in [2.75, 3.05) is 0 Å². The topological polar surface area (TPSA) is 54.4 Å². The number of hydrogen-bond acceptors (Lipinski definition) is 3. The highest BCUT2D eigenvalue weighted by atomic mass is 19.1. The van der Waals surface area contributed by atoms with Gasteiger partial charge in [-0.2, -0.15) is 5.10 Å². The molecular weight excluding hydrogens is 317 g/mol. The number of nitrogens with one attached hydrogen (secondary N) is 1. The van der Waals surface area contributed by atoms with E-state index < -0.39 is 0 Å². The summed E-state index contributed by atoms with van der Waals surface area (Å²) in [5.41, 5.74) is 5.73. The van der Waals surface area contributed by atoms with Crippen LogP contribution in [0, 0.1) is 11.7 Å². The molecule has 0 radical (unpaired) electrons. The van der Waals surface area contributed by atoms with E-state index in [0.29, 0.717) is 6.42 Å². The number of amides is 1. The van der Waals surface area contributed by atoms with Crippen LogP contribution in [0.1, 0.15) is 36.8 Å². The Hall–Kier alpha value is -2.82. The first-order valence-electron chi connectivity index (χ1n) is 8.27. The van der Waals surface area contributed by atoms with Crippen molar-refractivity contribution in [3.63, 3.8) is 0 Å². The van der Waals surface area contributed by atoms with Crippen LogP contribution in [0.5, 0.6) is 0 Å². The third-order valence-corrected chi connectivity index (χ3v) is 4.48. The predicted molar refractivity (Wildman–Crippen MR) is 95.6 cm³/mol. The molecule has 1 aliphatic rings.